The second-order valence-corrected chi connectivity index (χ2v) is 10.2. The van der Waals surface area contributed by atoms with Crippen LogP contribution in [0.4, 0.5) is 0 Å². The summed E-state index contributed by atoms with van der Waals surface area (Å²) in [5.41, 5.74) is -0.641. The van der Waals surface area contributed by atoms with E-state index in [4.69, 9.17) is 0 Å². The molecule has 0 aliphatic heterocycles. The van der Waals surface area contributed by atoms with Crippen LogP contribution in [-0.2, 0) is 0 Å². The normalized spacial score (nSPS) is 58.5. The van der Waals surface area contributed by atoms with Gasteiger partial charge < -0.3 is 15.3 Å². The lowest BCUT2D eigenvalue weighted by molar-refractivity contribution is -0.186. The van der Waals surface area contributed by atoms with Gasteiger partial charge in [-0.15, -0.1) is 0 Å². The van der Waals surface area contributed by atoms with E-state index in [2.05, 4.69) is 13.8 Å². The average Bonchev–Trinajstić information content (AvgIpc) is 2.81. The minimum atomic E-state index is -0.900. The third kappa shape index (κ3) is 2.07. The van der Waals surface area contributed by atoms with Crippen LogP contribution in [0.1, 0.15) is 78.6 Å². The molecule has 0 amide bonds. The van der Waals surface area contributed by atoms with Crippen LogP contribution in [0.25, 0.3) is 0 Å². The molecule has 0 aromatic carbocycles. The smallest absolute Gasteiger partial charge is 0.0958 e. The second-order valence-electron chi connectivity index (χ2n) is 10.2. The first kappa shape index (κ1) is 17.3. The summed E-state index contributed by atoms with van der Waals surface area (Å²) in [6.07, 6.45) is 8.99. The van der Waals surface area contributed by atoms with E-state index < -0.39 is 11.7 Å². The number of hydrogen-bond acceptors (Lipinski definition) is 3. The molecule has 0 radical (unpaired) electrons. The van der Waals surface area contributed by atoms with E-state index in [9.17, 15) is 15.3 Å². The number of aliphatic hydroxyl groups is 3. The van der Waals surface area contributed by atoms with Gasteiger partial charge in [0.05, 0.1) is 17.8 Å². The zero-order valence-corrected chi connectivity index (χ0v) is 15.7. The van der Waals surface area contributed by atoms with E-state index in [1.54, 1.807) is 6.92 Å². The van der Waals surface area contributed by atoms with Gasteiger partial charge in [-0.3, -0.25) is 0 Å². The summed E-state index contributed by atoms with van der Waals surface area (Å²) in [7, 11) is 0. The van der Waals surface area contributed by atoms with Crippen LogP contribution in [0.15, 0.2) is 0 Å². The van der Waals surface area contributed by atoms with Gasteiger partial charge in [0, 0.05) is 5.41 Å². The molecule has 4 rings (SSSR count). The van der Waals surface area contributed by atoms with E-state index in [1.165, 1.54) is 25.7 Å². The molecule has 0 unspecified atom stereocenters. The number of aliphatic hydroxyl groups excluding tert-OH is 2. The zero-order chi connectivity index (χ0) is 17.3. The van der Waals surface area contributed by atoms with Gasteiger partial charge in [-0.05, 0) is 93.8 Å². The SMILES string of the molecule is C[C@@H](O)[C@@]1(O)CC[C@@H]2[C@H]3CC[C@H]4C[C@@H](O)CC[C@]4(C)[C@H]3CC[C@@]21C. The van der Waals surface area contributed by atoms with Crippen molar-refractivity contribution in [1.29, 1.82) is 0 Å². The van der Waals surface area contributed by atoms with Crippen LogP contribution in [0.2, 0.25) is 0 Å². The lowest BCUT2D eigenvalue weighted by Gasteiger charge is -2.61. The Bertz CT molecular complexity index is 505. The summed E-state index contributed by atoms with van der Waals surface area (Å²) in [6.45, 7) is 6.53. The molecule has 4 saturated carbocycles. The molecule has 4 aliphatic rings. The highest BCUT2D eigenvalue weighted by Crippen LogP contribution is 2.68. The van der Waals surface area contributed by atoms with E-state index in [0.717, 1.165) is 38.0 Å². The molecule has 0 bridgehead atoms. The van der Waals surface area contributed by atoms with Crippen LogP contribution in [-0.4, -0.2) is 33.1 Å². The fourth-order valence-electron chi connectivity index (χ4n) is 7.97. The third-order valence-electron chi connectivity index (χ3n) is 9.54. The highest BCUT2D eigenvalue weighted by atomic mass is 16.3. The Hall–Kier alpha value is -0.120. The van der Waals surface area contributed by atoms with Crippen LogP contribution in [0.3, 0.4) is 0 Å². The molecule has 4 aliphatic carbocycles. The lowest BCUT2D eigenvalue weighted by Crippen LogP contribution is -2.59. The van der Waals surface area contributed by atoms with Gasteiger partial charge in [0.2, 0.25) is 0 Å². The molecule has 0 aromatic rings. The first-order chi connectivity index (χ1) is 11.2. The van der Waals surface area contributed by atoms with Crippen LogP contribution >= 0.6 is 0 Å². The van der Waals surface area contributed by atoms with Gasteiger partial charge in [0.1, 0.15) is 0 Å². The maximum atomic E-state index is 11.3. The first-order valence-electron chi connectivity index (χ1n) is 10.3. The van der Waals surface area contributed by atoms with Crippen molar-refractivity contribution in [2.75, 3.05) is 0 Å². The summed E-state index contributed by atoms with van der Waals surface area (Å²) in [5, 5.41) is 31.7. The maximum absolute atomic E-state index is 11.3. The van der Waals surface area contributed by atoms with E-state index in [0.29, 0.717) is 23.2 Å². The van der Waals surface area contributed by atoms with Crippen LogP contribution in [0, 0.1) is 34.5 Å². The molecule has 24 heavy (non-hydrogen) atoms. The van der Waals surface area contributed by atoms with Crippen LogP contribution < -0.4 is 0 Å². The third-order valence-corrected chi connectivity index (χ3v) is 9.54. The monoisotopic (exact) mass is 336 g/mol. The Morgan fingerprint density at radius 2 is 1.62 bits per heavy atom. The predicted molar refractivity (Wildman–Crippen MR) is 94.4 cm³/mol. The van der Waals surface area contributed by atoms with Gasteiger partial charge >= 0.3 is 0 Å². The fourth-order valence-corrected chi connectivity index (χ4v) is 7.97. The highest BCUT2D eigenvalue weighted by Gasteiger charge is 2.65. The summed E-state index contributed by atoms with van der Waals surface area (Å²) >= 11 is 0. The van der Waals surface area contributed by atoms with Gasteiger partial charge in [-0.2, -0.15) is 0 Å². The minimum Gasteiger partial charge on any atom is -0.393 e. The Balaban J connectivity index is 1.63. The van der Waals surface area contributed by atoms with Crippen molar-refractivity contribution < 1.29 is 15.3 Å². The van der Waals surface area contributed by atoms with Gasteiger partial charge in [-0.1, -0.05) is 13.8 Å². The summed E-state index contributed by atoms with van der Waals surface area (Å²) < 4.78 is 0. The first-order valence-corrected chi connectivity index (χ1v) is 10.3. The van der Waals surface area contributed by atoms with Gasteiger partial charge in [-0.25, -0.2) is 0 Å². The van der Waals surface area contributed by atoms with Crippen molar-refractivity contribution in [3.8, 4) is 0 Å². The molecule has 0 spiro atoms. The van der Waals surface area contributed by atoms with Crippen molar-refractivity contribution >= 4 is 0 Å². The molecular formula is C21H36O3. The van der Waals surface area contributed by atoms with Crippen molar-refractivity contribution in [2.24, 2.45) is 34.5 Å². The lowest BCUT2D eigenvalue weighted by atomic mass is 9.44. The minimum absolute atomic E-state index is 0.0831. The molecule has 0 saturated heterocycles. The molecule has 3 N–H and O–H groups in total. The number of rotatable bonds is 1. The standard InChI is InChI=1S/C21H36O3/c1-13(22)21(24)11-8-18-16-5-4-14-12-15(23)6-9-19(14,2)17(16)7-10-20(18,21)3/h13-18,22-24H,4-12H2,1-3H3/t13-,14+,15+,16+,17+,18-,19+,20+,21+/m1/s1. The Labute approximate surface area is 146 Å². The topological polar surface area (TPSA) is 60.7 Å². The summed E-state index contributed by atoms with van der Waals surface area (Å²) in [6, 6.07) is 0. The predicted octanol–water partition coefficient (Wildman–Crippen LogP) is 3.50. The van der Waals surface area contributed by atoms with Crippen molar-refractivity contribution in [3.05, 3.63) is 0 Å². The van der Waals surface area contributed by atoms with Gasteiger partial charge in [0.15, 0.2) is 0 Å². The highest BCUT2D eigenvalue weighted by molar-refractivity contribution is 5.15. The Kier molecular flexibility index (Phi) is 3.92. The molecule has 4 fully saturated rings. The van der Waals surface area contributed by atoms with E-state index in [1.807, 2.05) is 0 Å². The Morgan fingerprint density at radius 1 is 0.917 bits per heavy atom. The second kappa shape index (κ2) is 5.44. The molecular weight excluding hydrogens is 300 g/mol. The summed E-state index contributed by atoms with van der Waals surface area (Å²) in [4.78, 5) is 0. The Morgan fingerprint density at radius 3 is 2.33 bits per heavy atom. The quantitative estimate of drug-likeness (QED) is 0.687. The maximum Gasteiger partial charge on any atom is 0.0958 e. The zero-order valence-electron chi connectivity index (χ0n) is 15.7. The van der Waals surface area contributed by atoms with Crippen molar-refractivity contribution in [3.63, 3.8) is 0 Å². The number of fused-ring (bicyclic) bond motifs is 5. The molecule has 0 aromatic heterocycles. The molecule has 3 nitrogen and oxygen atoms in total. The fraction of sp³-hybridized carbons (Fsp3) is 1.00. The molecule has 3 heteroatoms. The molecule has 9 atom stereocenters. The summed E-state index contributed by atoms with van der Waals surface area (Å²) in [5.74, 6) is 2.69. The van der Waals surface area contributed by atoms with E-state index >= 15 is 0 Å². The largest absolute Gasteiger partial charge is 0.393 e. The van der Waals surface area contributed by atoms with Gasteiger partial charge in [0.25, 0.3) is 0 Å². The molecule has 138 valence electrons. The van der Waals surface area contributed by atoms with Crippen molar-refractivity contribution in [2.45, 2.75) is 96.4 Å². The van der Waals surface area contributed by atoms with Crippen LogP contribution in [0.5, 0.6) is 0 Å². The van der Waals surface area contributed by atoms with Crippen molar-refractivity contribution in [1.82, 2.24) is 0 Å². The van der Waals surface area contributed by atoms with E-state index in [-0.39, 0.29) is 11.5 Å². The number of hydrogen-bond donors (Lipinski definition) is 3. The molecule has 0 heterocycles. The average molecular weight is 337 g/mol.